The van der Waals surface area contributed by atoms with Crippen LogP contribution in [0.15, 0.2) is 65.3 Å². The lowest BCUT2D eigenvalue weighted by molar-refractivity contribution is 0.0922. The van der Waals surface area contributed by atoms with Crippen molar-refractivity contribution in [2.75, 3.05) is 50.8 Å². The molecule has 8 heteroatoms. The van der Waals surface area contributed by atoms with Gasteiger partial charge in [-0.05, 0) is 68.4 Å². The average Bonchev–Trinajstić information content (AvgIpc) is 3.41. The number of furan rings is 1. The molecule has 4 rings (SSSR count). The first-order valence-corrected chi connectivity index (χ1v) is 12.0. The molecule has 1 unspecified atom stereocenters. The Balaban J connectivity index is 1.41. The average molecular weight is 482 g/mol. The summed E-state index contributed by atoms with van der Waals surface area (Å²) >= 11 is 0. The van der Waals surface area contributed by atoms with E-state index in [4.69, 9.17) is 13.9 Å². The van der Waals surface area contributed by atoms with Crippen molar-refractivity contribution < 1.29 is 23.1 Å². The summed E-state index contributed by atoms with van der Waals surface area (Å²) in [7, 11) is 0. The second kappa shape index (κ2) is 11.8. The van der Waals surface area contributed by atoms with E-state index in [1.165, 1.54) is 12.1 Å². The first-order chi connectivity index (χ1) is 17.1. The molecule has 0 spiro atoms. The highest BCUT2D eigenvalue weighted by atomic mass is 19.1. The maximum absolute atomic E-state index is 13.3. The van der Waals surface area contributed by atoms with Crippen molar-refractivity contribution in [3.63, 3.8) is 0 Å². The SMILES string of the molecule is CCOc1ccc(C(=O)NCC(c2ccco2)N2CCN(c3ccc(F)cc3)CC2)cc1OCC. The molecule has 0 aliphatic carbocycles. The highest BCUT2D eigenvalue weighted by molar-refractivity contribution is 5.94. The molecule has 0 radical (unpaired) electrons. The zero-order chi connectivity index (χ0) is 24.6. The number of halogens is 1. The molecule has 2 aromatic carbocycles. The van der Waals surface area contributed by atoms with Crippen LogP contribution in [0, 0.1) is 5.82 Å². The number of nitrogens with zero attached hydrogens (tertiary/aromatic N) is 2. The number of carbonyl (C=O) groups excluding carboxylic acids is 1. The summed E-state index contributed by atoms with van der Waals surface area (Å²) in [5.41, 5.74) is 1.52. The minimum Gasteiger partial charge on any atom is -0.490 e. The Bertz CT molecular complexity index is 1080. The van der Waals surface area contributed by atoms with Gasteiger partial charge >= 0.3 is 0 Å². The van der Waals surface area contributed by atoms with E-state index in [0.717, 1.165) is 37.6 Å². The maximum atomic E-state index is 13.3. The van der Waals surface area contributed by atoms with Gasteiger partial charge in [-0.1, -0.05) is 0 Å². The van der Waals surface area contributed by atoms with E-state index in [9.17, 15) is 9.18 Å². The van der Waals surface area contributed by atoms with E-state index in [0.29, 0.717) is 36.8 Å². The number of carbonyl (C=O) groups is 1. The van der Waals surface area contributed by atoms with Crippen LogP contribution in [0.4, 0.5) is 10.1 Å². The molecule has 186 valence electrons. The Morgan fingerprint density at radius 1 is 1.00 bits per heavy atom. The fraction of sp³-hybridized carbons (Fsp3) is 0.370. The third-order valence-electron chi connectivity index (χ3n) is 6.08. The minimum absolute atomic E-state index is 0.0987. The number of nitrogens with one attached hydrogen (secondary N) is 1. The van der Waals surface area contributed by atoms with E-state index < -0.39 is 0 Å². The number of ether oxygens (including phenoxy) is 2. The van der Waals surface area contributed by atoms with Crippen molar-refractivity contribution in [2.24, 2.45) is 0 Å². The third kappa shape index (κ3) is 6.14. The van der Waals surface area contributed by atoms with Crippen molar-refractivity contribution in [1.29, 1.82) is 0 Å². The highest BCUT2D eigenvalue weighted by Crippen LogP contribution is 2.29. The van der Waals surface area contributed by atoms with E-state index in [-0.39, 0.29) is 17.8 Å². The molecule has 0 saturated carbocycles. The van der Waals surface area contributed by atoms with Crippen LogP contribution in [-0.4, -0.2) is 56.7 Å². The van der Waals surface area contributed by atoms with E-state index in [1.54, 1.807) is 24.5 Å². The van der Waals surface area contributed by atoms with Crippen LogP contribution in [0.25, 0.3) is 0 Å². The second-order valence-electron chi connectivity index (χ2n) is 8.27. The fourth-order valence-electron chi connectivity index (χ4n) is 4.32. The molecule has 2 heterocycles. The molecule has 7 nitrogen and oxygen atoms in total. The summed E-state index contributed by atoms with van der Waals surface area (Å²) in [6.07, 6.45) is 1.65. The minimum atomic E-state index is -0.234. The first-order valence-electron chi connectivity index (χ1n) is 12.0. The molecule has 0 bridgehead atoms. The molecular weight excluding hydrogens is 449 g/mol. The summed E-state index contributed by atoms with van der Waals surface area (Å²) in [6, 6.07) is 15.5. The normalized spacial score (nSPS) is 15.0. The first kappa shape index (κ1) is 24.6. The molecule has 1 amide bonds. The van der Waals surface area contributed by atoms with Crippen LogP contribution >= 0.6 is 0 Å². The van der Waals surface area contributed by atoms with Gasteiger partial charge in [-0.2, -0.15) is 0 Å². The lowest BCUT2D eigenvalue weighted by Gasteiger charge is -2.39. The quantitative estimate of drug-likeness (QED) is 0.460. The standard InChI is InChI=1S/C27H32FN3O4/c1-3-33-25-12-7-20(18-26(25)34-4-2)27(32)29-19-23(24-6-5-17-35-24)31-15-13-30(14-16-31)22-10-8-21(28)9-11-22/h5-12,17-18,23H,3-4,13-16,19H2,1-2H3,(H,29,32). The Labute approximate surface area is 205 Å². The molecule has 3 aromatic rings. The summed E-state index contributed by atoms with van der Waals surface area (Å²) in [4.78, 5) is 17.5. The number of piperazine rings is 1. The van der Waals surface area contributed by atoms with Gasteiger partial charge in [-0.15, -0.1) is 0 Å². The zero-order valence-corrected chi connectivity index (χ0v) is 20.2. The fourth-order valence-corrected chi connectivity index (χ4v) is 4.32. The number of anilines is 1. The molecule has 1 aliphatic rings. The van der Waals surface area contributed by atoms with Gasteiger partial charge in [0, 0.05) is 44.0 Å². The topological polar surface area (TPSA) is 67.2 Å². The summed E-state index contributed by atoms with van der Waals surface area (Å²) < 4.78 is 30.3. The van der Waals surface area contributed by atoms with Crippen molar-refractivity contribution in [3.05, 3.63) is 78.0 Å². The van der Waals surface area contributed by atoms with Gasteiger partial charge in [-0.3, -0.25) is 9.69 Å². The second-order valence-corrected chi connectivity index (χ2v) is 8.27. The van der Waals surface area contributed by atoms with Gasteiger partial charge in [0.1, 0.15) is 11.6 Å². The van der Waals surface area contributed by atoms with Crippen LogP contribution in [0.5, 0.6) is 11.5 Å². The lowest BCUT2D eigenvalue weighted by Crippen LogP contribution is -2.49. The van der Waals surface area contributed by atoms with E-state index in [1.807, 2.05) is 38.1 Å². The van der Waals surface area contributed by atoms with Gasteiger partial charge in [0.05, 0.1) is 25.5 Å². The van der Waals surface area contributed by atoms with Crippen LogP contribution in [0.2, 0.25) is 0 Å². The van der Waals surface area contributed by atoms with Gasteiger partial charge in [0.25, 0.3) is 5.91 Å². The highest BCUT2D eigenvalue weighted by Gasteiger charge is 2.27. The molecule has 35 heavy (non-hydrogen) atoms. The molecule has 1 atom stereocenters. The molecule has 1 fully saturated rings. The van der Waals surface area contributed by atoms with Gasteiger partial charge < -0.3 is 24.1 Å². The maximum Gasteiger partial charge on any atom is 0.251 e. The van der Waals surface area contributed by atoms with Crippen LogP contribution in [0.3, 0.4) is 0 Å². The number of hydrogen-bond donors (Lipinski definition) is 1. The summed E-state index contributed by atoms with van der Waals surface area (Å²) in [5, 5.41) is 3.06. The summed E-state index contributed by atoms with van der Waals surface area (Å²) in [6.45, 7) is 8.38. The number of rotatable bonds is 10. The molecular formula is C27H32FN3O4. The Morgan fingerprint density at radius 3 is 2.37 bits per heavy atom. The summed E-state index contributed by atoms with van der Waals surface area (Å²) in [5.74, 6) is 1.57. The monoisotopic (exact) mass is 481 g/mol. The molecule has 1 aliphatic heterocycles. The van der Waals surface area contributed by atoms with Crippen molar-refractivity contribution in [3.8, 4) is 11.5 Å². The Morgan fingerprint density at radius 2 is 1.71 bits per heavy atom. The molecule has 1 saturated heterocycles. The van der Waals surface area contributed by atoms with Crippen LogP contribution in [-0.2, 0) is 0 Å². The Kier molecular flexibility index (Phi) is 8.26. The predicted molar refractivity (Wildman–Crippen MR) is 133 cm³/mol. The van der Waals surface area contributed by atoms with Crippen molar-refractivity contribution in [1.82, 2.24) is 10.2 Å². The zero-order valence-electron chi connectivity index (χ0n) is 20.2. The molecule has 1 N–H and O–H groups in total. The van der Waals surface area contributed by atoms with Crippen molar-refractivity contribution >= 4 is 11.6 Å². The van der Waals surface area contributed by atoms with Gasteiger partial charge in [-0.25, -0.2) is 4.39 Å². The Hall–Kier alpha value is -3.52. The third-order valence-corrected chi connectivity index (χ3v) is 6.08. The van der Waals surface area contributed by atoms with Crippen LogP contribution < -0.4 is 19.7 Å². The largest absolute Gasteiger partial charge is 0.490 e. The smallest absolute Gasteiger partial charge is 0.251 e. The number of hydrogen-bond acceptors (Lipinski definition) is 6. The number of benzene rings is 2. The molecule has 1 aromatic heterocycles. The number of amides is 1. The van der Waals surface area contributed by atoms with E-state index >= 15 is 0 Å². The van der Waals surface area contributed by atoms with Gasteiger partial charge in [0.15, 0.2) is 11.5 Å². The lowest BCUT2D eigenvalue weighted by atomic mass is 10.1. The van der Waals surface area contributed by atoms with Crippen LogP contribution in [0.1, 0.15) is 36.0 Å². The van der Waals surface area contributed by atoms with E-state index in [2.05, 4.69) is 15.1 Å². The predicted octanol–water partition coefficient (Wildman–Crippen LogP) is 4.51. The van der Waals surface area contributed by atoms with Crippen molar-refractivity contribution in [2.45, 2.75) is 19.9 Å². The van der Waals surface area contributed by atoms with Gasteiger partial charge in [0.2, 0.25) is 0 Å².